The van der Waals surface area contributed by atoms with Crippen LogP contribution in [0.3, 0.4) is 0 Å². The van der Waals surface area contributed by atoms with Gasteiger partial charge in [-0.15, -0.1) is 0 Å². The molecule has 2 aromatic carbocycles. The number of sulfonamides is 1. The van der Waals surface area contributed by atoms with Crippen molar-refractivity contribution in [2.45, 2.75) is 31.4 Å². The number of hydrogen-bond donors (Lipinski definition) is 2. The number of amides is 1. The molecule has 0 aliphatic carbocycles. The molecular formula is C19H24N2O5S. The molecule has 0 unspecified atom stereocenters. The molecule has 0 fully saturated rings. The van der Waals surface area contributed by atoms with E-state index in [0.29, 0.717) is 11.5 Å². The van der Waals surface area contributed by atoms with Crippen molar-refractivity contribution in [3.8, 4) is 11.5 Å². The molecule has 146 valence electrons. The Hall–Kier alpha value is -2.58. The number of carbonyl (C=O) groups excluding carboxylic acids is 1. The topological polar surface area (TPSA) is 93.7 Å². The van der Waals surface area contributed by atoms with E-state index in [1.807, 2.05) is 32.0 Å². The Morgan fingerprint density at radius 3 is 2.37 bits per heavy atom. The van der Waals surface area contributed by atoms with Gasteiger partial charge in [0.05, 0.1) is 24.7 Å². The molecule has 0 aliphatic heterocycles. The number of carbonyl (C=O) groups is 1. The Morgan fingerprint density at radius 2 is 1.74 bits per heavy atom. The second kappa shape index (κ2) is 9.38. The van der Waals surface area contributed by atoms with Crippen molar-refractivity contribution in [1.82, 2.24) is 10.0 Å². The van der Waals surface area contributed by atoms with Crippen molar-refractivity contribution < 1.29 is 22.7 Å². The van der Waals surface area contributed by atoms with Crippen LogP contribution in [0.15, 0.2) is 53.4 Å². The number of ether oxygens (including phenoxy) is 2. The minimum Gasteiger partial charge on any atom is -0.496 e. The Morgan fingerprint density at radius 1 is 1.07 bits per heavy atom. The fourth-order valence-corrected chi connectivity index (χ4v) is 3.30. The number of methoxy groups -OCH3 is 1. The van der Waals surface area contributed by atoms with E-state index in [4.69, 9.17) is 9.47 Å². The van der Waals surface area contributed by atoms with Crippen LogP contribution in [-0.2, 0) is 21.4 Å². The predicted octanol–water partition coefficient (Wildman–Crippen LogP) is 2.08. The highest BCUT2D eigenvalue weighted by Crippen LogP contribution is 2.17. The Labute approximate surface area is 159 Å². The molecule has 2 N–H and O–H groups in total. The summed E-state index contributed by atoms with van der Waals surface area (Å²) in [6.45, 7) is 3.65. The highest BCUT2D eigenvalue weighted by atomic mass is 32.2. The number of benzene rings is 2. The van der Waals surface area contributed by atoms with Gasteiger partial charge in [-0.1, -0.05) is 18.2 Å². The highest BCUT2D eigenvalue weighted by molar-refractivity contribution is 7.89. The van der Waals surface area contributed by atoms with Crippen molar-refractivity contribution in [3.63, 3.8) is 0 Å². The second-order valence-corrected chi connectivity index (χ2v) is 7.82. The molecular weight excluding hydrogens is 368 g/mol. The fourth-order valence-electron chi connectivity index (χ4n) is 2.32. The lowest BCUT2D eigenvalue weighted by molar-refractivity contribution is -0.120. The average molecular weight is 392 g/mol. The van der Waals surface area contributed by atoms with Crippen LogP contribution in [0.1, 0.15) is 19.4 Å². The van der Waals surface area contributed by atoms with Crippen LogP contribution < -0.4 is 19.5 Å². The molecule has 0 heterocycles. The van der Waals surface area contributed by atoms with Crippen LogP contribution >= 0.6 is 0 Å². The molecule has 2 rings (SSSR count). The first-order valence-corrected chi connectivity index (χ1v) is 9.95. The minimum absolute atomic E-state index is 0.00230. The first kappa shape index (κ1) is 20.7. The van der Waals surface area contributed by atoms with Crippen molar-refractivity contribution in [3.05, 3.63) is 54.1 Å². The molecule has 0 saturated heterocycles. The largest absolute Gasteiger partial charge is 0.496 e. The molecule has 27 heavy (non-hydrogen) atoms. The molecule has 0 spiro atoms. The summed E-state index contributed by atoms with van der Waals surface area (Å²) in [5.41, 5.74) is 0.803. The van der Waals surface area contributed by atoms with Crippen LogP contribution in [0.5, 0.6) is 11.5 Å². The van der Waals surface area contributed by atoms with Gasteiger partial charge in [-0.2, -0.15) is 0 Å². The maximum absolute atomic E-state index is 12.3. The van der Waals surface area contributed by atoms with Gasteiger partial charge in [0.15, 0.2) is 0 Å². The Bertz CT molecular complexity index is 864. The lowest BCUT2D eigenvalue weighted by atomic mass is 10.2. The summed E-state index contributed by atoms with van der Waals surface area (Å²) in [6, 6.07) is 13.3. The van der Waals surface area contributed by atoms with Gasteiger partial charge in [-0.25, -0.2) is 13.1 Å². The Kier molecular flexibility index (Phi) is 7.20. The Balaban J connectivity index is 1.89. The van der Waals surface area contributed by atoms with E-state index in [9.17, 15) is 13.2 Å². The second-order valence-electron chi connectivity index (χ2n) is 6.05. The number of rotatable bonds is 9. The zero-order valence-corrected chi connectivity index (χ0v) is 16.4. The molecule has 0 bridgehead atoms. The molecule has 0 aromatic heterocycles. The van der Waals surface area contributed by atoms with Gasteiger partial charge in [-0.05, 0) is 44.2 Å². The maximum Gasteiger partial charge on any atom is 0.241 e. The van der Waals surface area contributed by atoms with Gasteiger partial charge in [0.1, 0.15) is 11.5 Å². The SMILES string of the molecule is COc1ccccc1CNC(=O)CNS(=O)(=O)c1ccc(OC(C)C)cc1. The summed E-state index contributed by atoms with van der Waals surface area (Å²) in [6.07, 6.45) is -0.00230. The van der Waals surface area contributed by atoms with Crippen molar-refractivity contribution in [2.24, 2.45) is 0 Å². The summed E-state index contributed by atoms with van der Waals surface area (Å²) in [5, 5.41) is 2.66. The van der Waals surface area contributed by atoms with Crippen molar-refractivity contribution in [2.75, 3.05) is 13.7 Å². The quantitative estimate of drug-likeness (QED) is 0.681. The van der Waals surface area contributed by atoms with E-state index in [1.54, 1.807) is 25.3 Å². The third-order valence-corrected chi connectivity index (χ3v) is 5.01. The minimum atomic E-state index is -3.79. The van der Waals surface area contributed by atoms with Gasteiger partial charge in [0.2, 0.25) is 15.9 Å². The van der Waals surface area contributed by atoms with Crippen LogP contribution in [-0.4, -0.2) is 34.1 Å². The summed E-state index contributed by atoms with van der Waals surface area (Å²) in [4.78, 5) is 12.0. The van der Waals surface area contributed by atoms with Crippen LogP contribution in [0.25, 0.3) is 0 Å². The van der Waals surface area contributed by atoms with Crippen LogP contribution in [0.2, 0.25) is 0 Å². The predicted molar refractivity (Wildman–Crippen MR) is 102 cm³/mol. The van der Waals surface area contributed by atoms with Crippen molar-refractivity contribution in [1.29, 1.82) is 0 Å². The molecule has 0 saturated carbocycles. The molecule has 8 heteroatoms. The summed E-state index contributed by atoms with van der Waals surface area (Å²) < 4.78 is 37.6. The molecule has 0 atom stereocenters. The number of para-hydroxylation sites is 1. The normalized spacial score (nSPS) is 11.3. The van der Waals surface area contributed by atoms with Gasteiger partial charge in [0.25, 0.3) is 0 Å². The van der Waals surface area contributed by atoms with E-state index < -0.39 is 15.9 Å². The lowest BCUT2D eigenvalue weighted by Crippen LogP contribution is -2.36. The number of nitrogens with one attached hydrogen (secondary N) is 2. The fraction of sp³-hybridized carbons (Fsp3) is 0.316. The maximum atomic E-state index is 12.3. The highest BCUT2D eigenvalue weighted by Gasteiger charge is 2.16. The first-order valence-electron chi connectivity index (χ1n) is 8.47. The van der Waals surface area contributed by atoms with E-state index in [-0.39, 0.29) is 24.1 Å². The summed E-state index contributed by atoms with van der Waals surface area (Å²) in [5.74, 6) is 0.796. The third-order valence-electron chi connectivity index (χ3n) is 3.60. The molecule has 2 aromatic rings. The third kappa shape index (κ3) is 6.26. The van der Waals surface area contributed by atoms with E-state index in [2.05, 4.69) is 10.0 Å². The smallest absolute Gasteiger partial charge is 0.241 e. The number of hydrogen-bond acceptors (Lipinski definition) is 5. The summed E-state index contributed by atoms with van der Waals surface area (Å²) >= 11 is 0. The monoisotopic (exact) mass is 392 g/mol. The molecule has 0 radical (unpaired) electrons. The zero-order chi connectivity index (χ0) is 19.9. The average Bonchev–Trinajstić information content (AvgIpc) is 2.65. The van der Waals surface area contributed by atoms with Crippen LogP contribution in [0, 0.1) is 0 Å². The lowest BCUT2D eigenvalue weighted by Gasteiger charge is -2.11. The van der Waals surface area contributed by atoms with Gasteiger partial charge in [-0.3, -0.25) is 4.79 Å². The van der Waals surface area contributed by atoms with E-state index in [0.717, 1.165) is 5.56 Å². The summed E-state index contributed by atoms with van der Waals surface area (Å²) in [7, 11) is -2.24. The molecule has 1 amide bonds. The standard InChI is InChI=1S/C19H24N2O5S/c1-14(2)26-16-8-10-17(11-9-16)27(23,24)21-13-19(22)20-12-15-6-4-5-7-18(15)25-3/h4-11,14,21H,12-13H2,1-3H3,(H,20,22). The van der Waals surface area contributed by atoms with Gasteiger partial charge in [0, 0.05) is 12.1 Å². The molecule has 0 aliphatic rings. The van der Waals surface area contributed by atoms with Crippen LogP contribution in [0.4, 0.5) is 0 Å². The van der Waals surface area contributed by atoms with E-state index in [1.165, 1.54) is 12.1 Å². The molecule has 7 nitrogen and oxygen atoms in total. The first-order chi connectivity index (χ1) is 12.8. The van der Waals surface area contributed by atoms with E-state index >= 15 is 0 Å². The zero-order valence-electron chi connectivity index (χ0n) is 15.6. The van der Waals surface area contributed by atoms with Crippen molar-refractivity contribution >= 4 is 15.9 Å². The van der Waals surface area contributed by atoms with Gasteiger partial charge >= 0.3 is 0 Å². The van der Waals surface area contributed by atoms with Gasteiger partial charge < -0.3 is 14.8 Å².